The molecule has 0 amide bonds. The van der Waals surface area contributed by atoms with Gasteiger partial charge in [0.15, 0.2) is 5.78 Å². The Morgan fingerprint density at radius 1 is 0.960 bits per heavy atom. The van der Waals surface area contributed by atoms with E-state index in [1.54, 1.807) is 13.2 Å². The van der Waals surface area contributed by atoms with E-state index in [0.29, 0.717) is 11.3 Å². The van der Waals surface area contributed by atoms with Gasteiger partial charge < -0.3 is 9.64 Å². The van der Waals surface area contributed by atoms with Gasteiger partial charge in [0.2, 0.25) is 0 Å². The Labute approximate surface area is 148 Å². The quantitative estimate of drug-likeness (QED) is 0.496. The van der Waals surface area contributed by atoms with E-state index in [2.05, 4.69) is 0 Å². The van der Waals surface area contributed by atoms with Gasteiger partial charge in [-0.2, -0.15) is 0 Å². The van der Waals surface area contributed by atoms with Crippen molar-refractivity contribution in [3.05, 3.63) is 77.9 Å². The second-order valence-electron chi connectivity index (χ2n) is 6.05. The summed E-state index contributed by atoms with van der Waals surface area (Å²) in [5.41, 5.74) is 2.71. The fourth-order valence-electron chi connectivity index (χ4n) is 2.81. The van der Waals surface area contributed by atoms with Crippen molar-refractivity contribution in [2.45, 2.75) is 0 Å². The van der Waals surface area contributed by atoms with Crippen LogP contribution >= 0.6 is 0 Å². The van der Waals surface area contributed by atoms with Crippen LogP contribution in [0.5, 0.6) is 5.75 Å². The monoisotopic (exact) mass is 331 g/mol. The molecule has 0 aliphatic heterocycles. The molecular weight excluding hydrogens is 310 g/mol. The summed E-state index contributed by atoms with van der Waals surface area (Å²) in [4.78, 5) is 14.9. The third kappa shape index (κ3) is 3.56. The highest BCUT2D eigenvalue weighted by Gasteiger charge is 2.13. The van der Waals surface area contributed by atoms with E-state index < -0.39 is 0 Å². The Morgan fingerprint density at radius 2 is 1.68 bits per heavy atom. The Morgan fingerprint density at radius 3 is 2.36 bits per heavy atom. The van der Waals surface area contributed by atoms with Gasteiger partial charge in [-0.15, -0.1) is 0 Å². The highest BCUT2D eigenvalue weighted by atomic mass is 16.5. The maximum atomic E-state index is 12.8. The number of allylic oxidation sites excluding steroid dienone is 1. The minimum absolute atomic E-state index is 0.0645. The van der Waals surface area contributed by atoms with Gasteiger partial charge in [-0.3, -0.25) is 4.79 Å². The summed E-state index contributed by atoms with van der Waals surface area (Å²) < 4.78 is 5.41. The molecule has 0 atom stereocenters. The molecule has 3 aromatic carbocycles. The average molecular weight is 331 g/mol. The second kappa shape index (κ2) is 7.22. The minimum Gasteiger partial charge on any atom is -0.496 e. The Bertz CT molecular complexity index is 924. The van der Waals surface area contributed by atoms with Crippen LogP contribution in [-0.2, 0) is 0 Å². The first-order valence-electron chi connectivity index (χ1n) is 8.15. The molecule has 3 nitrogen and oxygen atoms in total. The molecule has 0 heterocycles. The number of hydrogen-bond donors (Lipinski definition) is 0. The van der Waals surface area contributed by atoms with Crippen LogP contribution in [0.25, 0.3) is 16.8 Å². The first-order valence-corrected chi connectivity index (χ1v) is 8.15. The van der Waals surface area contributed by atoms with Crippen LogP contribution < -0.4 is 9.64 Å². The molecule has 0 aliphatic carbocycles. The number of anilines is 1. The van der Waals surface area contributed by atoms with Crippen LogP contribution in [0.4, 0.5) is 5.69 Å². The van der Waals surface area contributed by atoms with E-state index in [1.165, 1.54) is 0 Å². The maximum Gasteiger partial charge on any atom is 0.190 e. The third-order valence-electron chi connectivity index (χ3n) is 4.19. The molecule has 0 saturated carbocycles. The van der Waals surface area contributed by atoms with E-state index in [4.69, 9.17) is 4.74 Å². The lowest BCUT2D eigenvalue weighted by molar-refractivity contribution is 0.104. The lowest BCUT2D eigenvalue weighted by Gasteiger charge is -2.12. The van der Waals surface area contributed by atoms with E-state index in [0.717, 1.165) is 22.0 Å². The van der Waals surface area contributed by atoms with Crippen molar-refractivity contribution in [1.82, 2.24) is 0 Å². The smallest absolute Gasteiger partial charge is 0.190 e. The van der Waals surface area contributed by atoms with Gasteiger partial charge in [0, 0.05) is 19.8 Å². The van der Waals surface area contributed by atoms with Gasteiger partial charge in [-0.1, -0.05) is 48.5 Å². The fourth-order valence-corrected chi connectivity index (χ4v) is 2.81. The molecule has 25 heavy (non-hydrogen) atoms. The van der Waals surface area contributed by atoms with Crippen molar-refractivity contribution in [3.63, 3.8) is 0 Å². The summed E-state index contributed by atoms with van der Waals surface area (Å²) in [6.07, 6.45) is 3.44. The van der Waals surface area contributed by atoms with Gasteiger partial charge in [-0.05, 0) is 40.6 Å². The minimum atomic E-state index is -0.0645. The molecule has 126 valence electrons. The Kier molecular flexibility index (Phi) is 4.85. The largest absolute Gasteiger partial charge is 0.496 e. The zero-order chi connectivity index (χ0) is 17.8. The number of benzene rings is 3. The normalized spacial score (nSPS) is 11.0. The number of rotatable bonds is 5. The summed E-state index contributed by atoms with van der Waals surface area (Å²) in [6, 6.07) is 19.7. The lowest BCUT2D eigenvalue weighted by atomic mass is 9.99. The van der Waals surface area contributed by atoms with Gasteiger partial charge in [0.25, 0.3) is 0 Å². The summed E-state index contributed by atoms with van der Waals surface area (Å²) in [7, 11) is 5.59. The van der Waals surface area contributed by atoms with Crippen LogP contribution in [0.1, 0.15) is 15.9 Å². The summed E-state index contributed by atoms with van der Waals surface area (Å²) in [5.74, 6) is 0.529. The van der Waals surface area contributed by atoms with Crippen molar-refractivity contribution in [2.75, 3.05) is 26.1 Å². The number of ether oxygens (including phenoxy) is 1. The molecule has 0 aliphatic rings. The zero-order valence-corrected chi connectivity index (χ0v) is 14.7. The number of carbonyl (C=O) groups excluding carboxylic acids is 1. The SMILES string of the molecule is COc1ccc2ccccc2c1C(=O)/C=C\c1ccc(N(C)C)cc1. The van der Waals surface area contributed by atoms with Crippen LogP contribution in [0, 0.1) is 0 Å². The predicted molar refractivity (Wildman–Crippen MR) is 105 cm³/mol. The second-order valence-corrected chi connectivity index (χ2v) is 6.05. The van der Waals surface area contributed by atoms with E-state index in [-0.39, 0.29) is 5.78 Å². The number of fused-ring (bicyclic) bond motifs is 1. The van der Waals surface area contributed by atoms with Crippen LogP contribution in [0.15, 0.2) is 66.7 Å². The molecule has 0 unspecified atom stereocenters. The fraction of sp³-hybridized carbons (Fsp3) is 0.136. The van der Waals surface area contributed by atoms with Crippen LogP contribution in [0.3, 0.4) is 0 Å². The first-order chi connectivity index (χ1) is 12.1. The summed E-state index contributed by atoms with van der Waals surface area (Å²) in [6.45, 7) is 0. The summed E-state index contributed by atoms with van der Waals surface area (Å²) in [5, 5.41) is 1.93. The topological polar surface area (TPSA) is 29.5 Å². The molecule has 3 aromatic rings. The molecule has 0 aromatic heterocycles. The predicted octanol–water partition coefficient (Wildman–Crippen LogP) is 4.81. The number of hydrogen-bond acceptors (Lipinski definition) is 3. The van der Waals surface area contributed by atoms with Crippen molar-refractivity contribution < 1.29 is 9.53 Å². The van der Waals surface area contributed by atoms with Crippen molar-refractivity contribution in [1.29, 1.82) is 0 Å². The highest BCUT2D eigenvalue weighted by Crippen LogP contribution is 2.28. The number of methoxy groups -OCH3 is 1. The standard InChI is InChI=1S/C22H21NO2/c1-23(2)18-12-8-16(9-13-18)10-14-20(24)22-19-7-5-4-6-17(19)11-15-21(22)25-3/h4-15H,1-3H3/b14-10-. The molecule has 0 bridgehead atoms. The Hall–Kier alpha value is -3.07. The zero-order valence-electron chi connectivity index (χ0n) is 14.7. The number of nitrogens with zero attached hydrogens (tertiary/aromatic N) is 1. The van der Waals surface area contributed by atoms with Crippen LogP contribution in [0.2, 0.25) is 0 Å². The highest BCUT2D eigenvalue weighted by molar-refractivity contribution is 6.16. The van der Waals surface area contributed by atoms with E-state index >= 15 is 0 Å². The third-order valence-corrected chi connectivity index (χ3v) is 4.19. The summed E-state index contributed by atoms with van der Waals surface area (Å²) >= 11 is 0. The number of ketones is 1. The van der Waals surface area contributed by atoms with E-state index in [1.807, 2.05) is 85.7 Å². The first kappa shape index (κ1) is 16.8. The molecule has 0 radical (unpaired) electrons. The molecular formula is C22H21NO2. The molecule has 0 N–H and O–H groups in total. The molecule has 0 saturated heterocycles. The Balaban J connectivity index is 1.94. The van der Waals surface area contributed by atoms with Crippen molar-refractivity contribution in [3.8, 4) is 5.75 Å². The van der Waals surface area contributed by atoms with Gasteiger partial charge in [0.05, 0.1) is 12.7 Å². The van der Waals surface area contributed by atoms with Crippen molar-refractivity contribution >= 4 is 28.3 Å². The van der Waals surface area contributed by atoms with Gasteiger partial charge >= 0.3 is 0 Å². The number of carbonyl (C=O) groups is 1. The molecule has 3 rings (SSSR count). The van der Waals surface area contributed by atoms with E-state index in [9.17, 15) is 4.79 Å². The molecule has 3 heteroatoms. The lowest BCUT2D eigenvalue weighted by Crippen LogP contribution is -2.07. The van der Waals surface area contributed by atoms with Gasteiger partial charge in [0.1, 0.15) is 5.75 Å². The van der Waals surface area contributed by atoms with Gasteiger partial charge in [-0.25, -0.2) is 0 Å². The molecule has 0 fully saturated rings. The van der Waals surface area contributed by atoms with Crippen LogP contribution in [-0.4, -0.2) is 27.0 Å². The van der Waals surface area contributed by atoms with Crippen molar-refractivity contribution in [2.24, 2.45) is 0 Å². The molecule has 0 spiro atoms. The average Bonchev–Trinajstić information content (AvgIpc) is 2.65. The maximum absolute atomic E-state index is 12.8.